The Morgan fingerprint density at radius 3 is 1.64 bits per heavy atom. The Kier molecular flexibility index (Phi) is 9.21. The van der Waals surface area contributed by atoms with Crippen molar-refractivity contribution < 1.29 is 29.5 Å². The normalized spacial score (nSPS) is 11.1. The standard InChI is InChI=1S/C33H36O6/c1-4-7-12-19-37-31-27-23-16-11-10-15-22(23)24-17-18-25(34)29(35)26(24)28(27)30(36)32(38-20-13-8-5-2)33(31)39-21-14-9-6-3/h4-6,10-11,15-18,34-36H,1-3,7-9,12-14,19-21H2. The molecule has 4 rings (SSSR count). The summed E-state index contributed by atoms with van der Waals surface area (Å²) in [6.07, 6.45) is 9.91. The lowest BCUT2D eigenvalue weighted by atomic mass is 9.91. The topological polar surface area (TPSA) is 88.4 Å². The van der Waals surface area contributed by atoms with Crippen molar-refractivity contribution >= 4 is 32.3 Å². The zero-order valence-corrected chi connectivity index (χ0v) is 22.2. The predicted octanol–water partition coefficient (Wildman–Crippen LogP) is 8.30. The first kappa shape index (κ1) is 27.7. The molecule has 204 valence electrons. The van der Waals surface area contributed by atoms with Gasteiger partial charge < -0.3 is 29.5 Å². The van der Waals surface area contributed by atoms with Crippen LogP contribution in [0.4, 0.5) is 0 Å². The first-order valence-electron chi connectivity index (χ1n) is 13.3. The van der Waals surface area contributed by atoms with Gasteiger partial charge in [-0.05, 0) is 66.8 Å². The molecule has 0 aliphatic carbocycles. The van der Waals surface area contributed by atoms with Crippen LogP contribution < -0.4 is 14.2 Å². The van der Waals surface area contributed by atoms with E-state index in [4.69, 9.17) is 14.2 Å². The molecule has 3 N–H and O–H groups in total. The van der Waals surface area contributed by atoms with Crippen LogP contribution in [0.1, 0.15) is 38.5 Å². The largest absolute Gasteiger partial charge is 0.504 e. The van der Waals surface area contributed by atoms with E-state index < -0.39 is 0 Å². The van der Waals surface area contributed by atoms with E-state index in [0.717, 1.165) is 42.9 Å². The Hall–Kier alpha value is -4.32. The van der Waals surface area contributed by atoms with Gasteiger partial charge in [-0.15, -0.1) is 19.7 Å². The van der Waals surface area contributed by atoms with E-state index >= 15 is 0 Å². The summed E-state index contributed by atoms with van der Waals surface area (Å²) >= 11 is 0. The molecular formula is C33H36O6. The molecule has 6 nitrogen and oxygen atoms in total. The predicted molar refractivity (Wildman–Crippen MR) is 159 cm³/mol. The highest BCUT2D eigenvalue weighted by Gasteiger charge is 2.28. The number of allylic oxidation sites excluding steroid dienone is 3. The molecule has 4 aromatic rings. The van der Waals surface area contributed by atoms with Crippen LogP contribution in [0.3, 0.4) is 0 Å². The van der Waals surface area contributed by atoms with Crippen molar-refractivity contribution in [2.75, 3.05) is 19.8 Å². The molecule has 0 atom stereocenters. The molecule has 0 spiro atoms. The number of hydrogen-bond donors (Lipinski definition) is 3. The maximum atomic E-state index is 11.8. The lowest BCUT2D eigenvalue weighted by Gasteiger charge is -2.23. The van der Waals surface area contributed by atoms with Crippen LogP contribution in [0, 0.1) is 0 Å². The lowest BCUT2D eigenvalue weighted by Crippen LogP contribution is -2.07. The maximum Gasteiger partial charge on any atom is 0.208 e. The second kappa shape index (κ2) is 13.0. The van der Waals surface area contributed by atoms with Crippen molar-refractivity contribution in [1.29, 1.82) is 0 Å². The van der Waals surface area contributed by atoms with Gasteiger partial charge in [0.25, 0.3) is 0 Å². The Morgan fingerprint density at radius 2 is 1.05 bits per heavy atom. The second-order valence-corrected chi connectivity index (χ2v) is 9.33. The van der Waals surface area contributed by atoms with Gasteiger partial charge >= 0.3 is 0 Å². The zero-order chi connectivity index (χ0) is 27.8. The van der Waals surface area contributed by atoms with E-state index in [1.54, 1.807) is 6.07 Å². The number of hydrogen-bond acceptors (Lipinski definition) is 6. The molecule has 6 heteroatoms. The fourth-order valence-corrected chi connectivity index (χ4v) is 4.77. The molecule has 0 aromatic heterocycles. The number of phenols is 3. The zero-order valence-electron chi connectivity index (χ0n) is 22.2. The van der Waals surface area contributed by atoms with Crippen molar-refractivity contribution in [3.05, 3.63) is 74.4 Å². The van der Waals surface area contributed by atoms with Gasteiger partial charge in [0.2, 0.25) is 11.5 Å². The van der Waals surface area contributed by atoms with Gasteiger partial charge in [0.1, 0.15) is 0 Å². The number of fused-ring (bicyclic) bond motifs is 6. The van der Waals surface area contributed by atoms with Crippen molar-refractivity contribution in [2.45, 2.75) is 38.5 Å². The molecular weight excluding hydrogens is 492 g/mol. The average Bonchev–Trinajstić information content (AvgIpc) is 2.95. The quantitative estimate of drug-likeness (QED) is 0.0622. The Morgan fingerprint density at radius 1 is 0.538 bits per heavy atom. The third-order valence-corrected chi connectivity index (χ3v) is 6.63. The molecule has 0 heterocycles. The van der Waals surface area contributed by atoms with Gasteiger partial charge in [-0.3, -0.25) is 0 Å². The summed E-state index contributed by atoms with van der Waals surface area (Å²) in [5.41, 5.74) is 0. The van der Waals surface area contributed by atoms with Crippen LogP contribution in [0.15, 0.2) is 74.4 Å². The fourth-order valence-electron chi connectivity index (χ4n) is 4.77. The van der Waals surface area contributed by atoms with Crippen LogP contribution >= 0.6 is 0 Å². The number of benzene rings is 4. The molecule has 0 aliphatic rings. The summed E-state index contributed by atoms with van der Waals surface area (Å²) in [6.45, 7) is 12.4. The van der Waals surface area contributed by atoms with Crippen LogP contribution in [0.2, 0.25) is 0 Å². The smallest absolute Gasteiger partial charge is 0.208 e. The van der Waals surface area contributed by atoms with Gasteiger partial charge in [-0.2, -0.15) is 0 Å². The Labute approximate surface area is 229 Å². The highest BCUT2D eigenvalue weighted by Crippen LogP contribution is 2.56. The summed E-state index contributed by atoms with van der Waals surface area (Å²) in [7, 11) is 0. The van der Waals surface area contributed by atoms with E-state index in [0.29, 0.717) is 59.3 Å². The summed E-state index contributed by atoms with van der Waals surface area (Å²) in [5.74, 6) is 0.0784. The first-order valence-corrected chi connectivity index (χ1v) is 13.3. The third-order valence-electron chi connectivity index (χ3n) is 6.63. The number of aromatic hydroxyl groups is 3. The SMILES string of the molecule is C=CCCCOc1c(OCCCC=C)c(O)c2c3c(O)c(O)ccc3c3ccccc3c2c1OCCCC=C. The molecule has 0 radical (unpaired) electrons. The number of rotatable bonds is 15. The van der Waals surface area contributed by atoms with Gasteiger partial charge in [0.05, 0.1) is 19.8 Å². The molecule has 0 fully saturated rings. The monoisotopic (exact) mass is 528 g/mol. The molecule has 0 saturated heterocycles. The number of phenolic OH excluding ortho intramolecular Hbond substituents is 3. The van der Waals surface area contributed by atoms with Gasteiger partial charge in [0.15, 0.2) is 23.0 Å². The van der Waals surface area contributed by atoms with E-state index in [-0.39, 0.29) is 23.0 Å². The second-order valence-electron chi connectivity index (χ2n) is 9.33. The van der Waals surface area contributed by atoms with Crippen molar-refractivity contribution in [3.8, 4) is 34.5 Å². The third kappa shape index (κ3) is 5.60. The minimum Gasteiger partial charge on any atom is -0.504 e. The van der Waals surface area contributed by atoms with E-state index in [2.05, 4.69) is 19.7 Å². The number of unbranched alkanes of at least 4 members (excludes halogenated alkanes) is 3. The fraction of sp³-hybridized carbons (Fsp3) is 0.273. The minimum atomic E-state index is -0.326. The van der Waals surface area contributed by atoms with Crippen LogP contribution in [-0.2, 0) is 0 Å². The summed E-state index contributed by atoms with van der Waals surface area (Å²) in [5, 5.41) is 36.9. The van der Waals surface area contributed by atoms with Crippen LogP contribution in [0.25, 0.3) is 32.3 Å². The maximum absolute atomic E-state index is 11.8. The average molecular weight is 529 g/mol. The highest BCUT2D eigenvalue weighted by atomic mass is 16.5. The van der Waals surface area contributed by atoms with E-state index in [1.807, 2.05) is 42.5 Å². The Balaban J connectivity index is 2.10. The summed E-state index contributed by atoms with van der Waals surface area (Å²) in [6, 6.07) is 10.9. The van der Waals surface area contributed by atoms with Crippen LogP contribution in [-0.4, -0.2) is 35.1 Å². The lowest BCUT2D eigenvalue weighted by molar-refractivity contribution is 0.235. The van der Waals surface area contributed by atoms with Crippen molar-refractivity contribution in [2.24, 2.45) is 0 Å². The van der Waals surface area contributed by atoms with Crippen molar-refractivity contribution in [3.63, 3.8) is 0 Å². The van der Waals surface area contributed by atoms with Crippen LogP contribution in [0.5, 0.6) is 34.5 Å². The van der Waals surface area contributed by atoms with Crippen molar-refractivity contribution in [1.82, 2.24) is 0 Å². The molecule has 0 saturated carbocycles. The Bertz CT molecular complexity index is 1500. The molecule has 0 bridgehead atoms. The molecule has 0 amide bonds. The first-order chi connectivity index (χ1) is 19.0. The molecule has 4 aromatic carbocycles. The molecule has 39 heavy (non-hydrogen) atoms. The summed E-state index contributed by atoms with van der Waals surface area (Å²) in [4.78, 5) is 0. The highest BCUT2D eigenvalue weighted by molar-refractivity contribution is 6.31. The van der Waals surface area contributed by atoms with E-state index in [1.165, 1.54) is 6.07 Å². The minimum absolute atomic E-state index is 0.142. The van der Waals surface area contributed by atoms with E-state index in [9.17, 15) is 15.3 Å². The number of ether oxygens (including phenoxy) is 3. The molecule has 0 unspecified atom stereocenters. The molecule has 0 aliphatic heterocycles. The van der Waals surface area contributed by atoms with Gasteiger partial charge in [-0.1, -0.05) is 42.5 Å². The van der Waals surface area contributed by atoms with Gasteiger partial charge in [-0.25, -0.2) is 0 Å². The summed E-state index contributed by atoms with van der Waals surface area (Å²) < 4.78 is 18.8. The van der Waals surface area contributed by atoms with Gasteiger partial charge in [0, 0.05) is 16.2 Å².